The van der Waals surface area contributed by atoms with Gasteiger partial charge in [0.25, 0.3) is 11.5 Å². The van der Waals surface area contributed by atoms with E-state index in [1.54, 1.807) is 31.2 Å². The number of anilines is 1. The zero-order valence-corrected chi connectivity index (χ0v) is 14.4. The zero-order chi connectivity index (χ0) is 19.4. The Morgan fingerprint density at radius 3 is 2.44 bits per heavy atom. The van der Waals surface area contributed by atoms with Gasteiger partial charge in [0, 0.05) is 17.6 Å². The van der Waals surface area contributed by atoms with Crippen molar-refractivity contribution >= 4 is 28.3 Å². The number of hydrogen-bond acceptors (Lipinski definition) is 5. The van der Waals surface area contributed by atoms with Gasteiger partial charge in [-0.3, -0.25) is 9.59 Å². The minimum atomic E-state index is -0.817. The van der Waals surface area contributed by atoms with Crippen LogP contribution in [0.4, 0.5) is 10.1 Å². The van der Waals surface area contributed by atoms with Crippen LogP contribution in [0.3, 0.4) is 0 Å². The number of esters is 1. The summed E-state index contributed by atoms with van der Waals surface area (Å²) in [6.07, 6.45) is 0. The second-order valence-electron chi connectivity index (χ2n) is 5.65. The third-order valence-electron chi connectivity index (χ3n) is 3.82. The molecule has 138 valence electrons. The lowest BCUT2D eigenvalue weighted by Crippen LogP contribution is -2.27. The Hall–Kier alpha value is -3.55. The summed E-state index contributed by atoms with van der Waals surface area (Å²) in [4.78, 5) is 36.6. The summed E-state index contributed by atoms with van der Waals surface area (Å²) in [6.45, 7) is 1.47. The summed E-state index contributed by atoms with van der Waals surface area (Å²) in [5.74, 6) is -1.82. The second kappa shape index (κ2) is 7.77. The third-order valence-corrected chi connectivity index (χ3v) is 3.82. The molecule has 0 bridgehead atoms. The van der Waals surface area contributed by atoms with Gasteiger partial charge in [0.1, 0.15) is 5.82 Å². The van der Waals surface area contributed by atoms with Crippen LogP contribution in [0.1, 0.15) is 17.4 Å². The Morgan fingerprint density at radius 1 is 1.11 bits per heavy atom. The van der Waals surface area contributed by atoms with Gasteiger partial charge in [0.2, 0.25) is 0 Å². The van der Waals surface area contributed by atoms with Crippen LogP contribution >= 0.6 is 0 Å². The van der Waals surface area contributed by atoms with Crippen LogP contribution in [0.15, 0.2) is 53.3 Å². The molecule has 8 heteroatoms. The van der Waals surface area contributed by atoms with E-state index in [9.17, 15) is 18.8 Å². The van der Waals surface area contributed by atoms with Crippen molar-refractivity contribution in [3.05, 3.63) is 70.4 Å². The van der Waals surface area contributed by atoms with Crippen molar-refractivity contribution in [1.29, 1.82) is 0 Å². The maximum absolute atomic E-state index is 12.9. The predicted octanol–water partition coefficient (Wildman–Crippen LogP) is 2.35. The molecule has 0 aliphatic rings. The molecule has 0 aliphatic heterocycles. The average Bonchev–Trinajstić information content (AvgIpc) is 2.68. The van der Waals surface area contributed by atoms with Crippen molar-refractivity contribution in [1.82, 2.24) is 9.78 Å². The fraction of sp³-hybridized carbons (Fsp3) is 0.158. The highest BCUT2D eigenvalue weighted by Gasteiger charge is 2.18. The van der Waals surface area contributed by atoms with Gasteiger partial charge in [0.05, 0.1) is 5.39 Å². The molecule has 1 N–H and O–H groups in total. The van der Waals surface area contributed by atoms with Gasteiger partial charge in [-0.25, -0.2) is 13.9 Å². The van der Waals surface area contributed by atoms with Crippen molar-refractivity contribution in [3.63, 3.8) is 0 Å². The van der Waals surface area contributed by atoms with E-state index >= 15 is 0 Å². The third kappa shape index (κ3) is 4.00. The quantitative estimate of drug-likeness (QED) is 0.697. The molecule has 7 nitrogen and oxygen atoms in total. The van der Waals surface area contributed by atoms with Gasteiger partial charge in [-0.15, -0.1) is 0 Å². The van der Waals surface area contributed by atoms with Crippen LogP contribution in [0.5, 0.6) is 0 Å². The van der Waals surface area contributed by atoms with E-state index in [4.69, 9.17) is 4.74 Å². The monoisotopic (exact) mass is 369 g/mol. The minimum absolute atomic E-state index is 0.0402. The zero-order valence-electron chi connectivity index (χ0n) is 14.4. The number of carbonyl (C=O) groups is 2. The fourth-order valence-electron chi connectivity index (χ4n) is 2.53. The van der Waals surface area contributed by atoms with Crippen molar-refractivity contribution in [3.8, 4) is 0 Å². The molecular formula is C19H16FN3O4. The molecule has 3 aromatic rings. The molecule has 1 heterocycles. The number of amides is 1. The first kappa shape index (κ1) is 18.2. The molecule has 0 fully saturated rings. The Bertz CT molecular complexity index is 1060. The van der Waals surface area contributed by atoms with Gasteiger partial charge >= 0.3 is 5.97 Å². The van der Waals surface area contributed by atoms with E-state index in [1.807, 2.05) is 0 Å². The first-order valence-corrected chi connectivity index (χ1v) is 8.22. The molecular weight excluding hydrogens is 353 g/mol. The van der Waals surface area contributed by atoms with Crippen molar-refractivity contribution in [2.45, 2.75) is 13.5 Å². The van der Waals surface area contributed by atoms with Crippen LogP contribution in [-0.4, -0.2) is 28.3 Å². The average molecular weight is 369 g/mol. The van der Waals surface area contributed by atoms with E-state index in [-0.39, 0.29) is 17.8 Å². The normalized spacial score (nSPS) is 10.6. The lowest BCUT2D eigenvalue weighted by molar-refractivity contribution is -0.119. The number of rotatable bonds is 5. The van der Waals surface area contributed by atoms with Crippen LogP contribution in [0, 0.1) is 5.82 Å². The highest BCUT2D eigenvalue weighted by Crippen LogP contribution is 2.14. The highest BCUT2D eigenvalue weighted by molar-refractivity contribution is 6.03. The first-order chi connectivity index (χ1) is 13.0. The predicted molar refractivity (Wildman–Crippen MR) is 97.0 cm³/mol. The number of aromatic nitrogens is 2. The second-order valence-corrected chi connectivity index (χ2v) is 5.65. The lowest BCUT2D eigenvalue weighted by atomic mass is 10.1. The number of halogens is 1. The van der Waals surface area contributed by atoms with Crippen LogP contribution in [0.2, 0.25) is 0 Å². The first-order valence-electron chi connectivity index (χ1n) is 8.22. The van der Waals surface area contributed by atoms with Gasteiger partial charge in [-0.2, -0.15) is 5.10 Å². The molecule has 0 saturated carbocycles. The summed E-state index contributed by atoms with van der Waals surface area (Å²) < 4.78 is 19.1. The summed E-state index contributed by atoms with van der Waals surface area (Å²) in [6, 6.07) is 11.7. The maximum Gasteiger partial charge on any atom is 0.359 e. The van der Waals surface area contributed by atoms with Crippen molar-refractivity contribution < 1.29 is 18.7 Å². The molecule has 1 amide bonds. The van der Waals surface area contributed by atoms with Gasteiger partial charge in [-0.1, -0.05) is 18.2 Å². The summed E-state index contributed by atoms with van der Waals surface area (Å²) in [5, 5.41) is 7.24. The Morgan fingerprint density at radius 2 is 1.78 bits per heavy atom. The van der Waals surface area contributed by atoms with Crippen LogP contribution in [-0.2, 0) is 16.1 Å². The van der Waals surface area contributed by atoms with Gasteiger partial charge in [-0.05, 0) is 37.3 Å². The number of ether oxygens (including phenoxy) is 1. The number of benzene rings is 2. The number of fused-ring (bicyclic) bond motifs is 1. The molecule has 0 atom stereocenters. The summed E-state index contributed by atoms with van der Waals surface area (Å²) in [7, 11) is 0. The Kier molecular flexibility index (Phi) is 5.25. The van der Waals surface area contributed by atoms with E-state index in [2.05, 4.69) is 10.4 Å². The van der Waals surface area contributed by atoms with E-state index in [0.717, 1.165) is 4.68 Å². The molecule has 0 radical (unpaired) electrons. The lowest BCUT2D eigenvalue weighted by Gasteiger charge is -2.10. The number of nitrogens with one attached hydrogen (secondary N) is 1. The van der Waals surface area contributed by atoms with Crippen LogP contribution < -0.4 is 10.9 Å². The number of aryl methyl sites for hydroxylation is 1. The number of nitrogens with zero attached hydrogens (tertiary/aromatic N) is 2. The maximum atomic E-state index is 12.9. The number of hydrogen-bond donors (Lipinski definition) is 1. The standard InChI is InChI=1S/C19H16FN3O4/c1-2-23-18(25)15-6-4-3-5-14(15)17(22-23)19(26)27-11-16(24)21-13-9-7-12(20)8-10-13/h3-10H,2,11H2,1H3,(H,21,24). The molecule has 0 spiro atoms. The molecule has 0 aliphatic carbocycles. The topological polar surface area (TPSA) is 90.3 Å². The molecule has 3 rings (SSSR count). The van der Waals surface area contributed by atoms with E-state index in [0.29, 0.717) is 16.5 Å². The van der Waals surface area contributed by atoms with Gasteiger partial charge < -0.3 is 10.1 Å². The van der Waals surface area contributed by atoms with E-state index < -0.39 is 24.3 Å². The Balaban J connectivity index is 1.76. The number of carbonyl (C=O) groups excluding carboxylic acids is 2. The smallest absolute Gasteiger partial charge is 0.359 e. The van der Waals surface area contributed by atoms with Crippen molar-refractivity contribution in [2.75, 3.05) is 11.9 Å². The minimum Gasteiger partial charge on any atom is -0.451 e. The van der Waals surface area contributed by atoms with Crippen molar-refractivity contribution in [2.24, 2.45) is 0 Å². The largest absolute Gasteiger partial charge is 0.451 e. The molecule has 0 unspecified atom stereocenters. The van der Waals surface area contributed by atoms with Gasteiger partial charge in [0.15, 0.2) is 12.3 Å². The van der Waals surface area contributed by atoms with Crippen LogP contribution in [0.25, 0.3) is 10.8 Å². The summed E-state index contributed by atoms with van der Waals surface area (Å²) in [5.41, 5.74) is 0.0286. The molecule has 1 aromatic heterocycles. The highest BCUT2D eigenvalue weighted by atomic mass is 19.1. The molecule has 2 aromatic carbocycles. The molecule has 0 saturated heterocycles. The summed E-state index contributed by atoms with van der Waals surface area (Å²) >= 11 is 0. The fourth-order valence-corrected chi connectivity index (χ4v) is 2.53. The Labute approximate surface area is 153 Å². The molecule has 27 heavy (non-hydrogen) atoms. The SMILES string of the molecule is CCn1nc(C(=O)OCC(=O)Nc2ccc(F)cc2)c2ccccc2c1=O. The van der Waals surface area contributed by atoms with E-state index in [1.165, 1.54) is 24.3 Å².